The first-order valence-electron chi connectivity index (χ1n) is 5.52. The van der Waals surface area contributed by atoms with Gasteiger partial charge in [-0.25, -0.2) is 0 Å². The van der Waals surface area contributed by atoms with E-state index >= 15 is 0 Å². The highest BCUT2D eigenvalue weighted by Gasteiger charge is 2.28. The van der Waals surface area contributed by atoms with E-state index in [1.165, 1.54) is 12.1 Å². The highest BCUT2D eigenvalue weighted by atomic mass is 16.5. The van der Waals surface area contributed by atoms with Crippen LogP contribution < -0.4 is 5.32 Å². The van der Waals surface area contributed by atoms with E-state index in [1.807, 2.05) is 6.92 Å². The third kappa shape index (κ3) is 2.50. The quantitative estimate of drug-likeness (QED) is 0.685. The maximum Gasteiger partial charge on any atom is 0.323 e. The van der Waals surface area contributed by atoms with Gasteiger partial charge in [0, 0.05) is 24.1 Å². The monoisotopic (exact) mass is 237 g/mol. The molecule has 3 N–H and O–H groups in total. The minimum atomic E-state index is -0.321. The van der Waals surface area contributed by atoms with Gasteiger partial charge in [-0.3, -0.25) is 10.1 Å². The summed E-state index contributed by atoms with van der Waals surface area (Å²) in [4.78, 5) is 11.3. The van der Waals surface area contributed by atoms with Crippen molar-refractivity contribution in [1.29, 1.82) is 0 Å². The predicted molar refractivity (Wildman–Crippen MR) is 60.7 cm³/mol. The van der Waals surface area contributed by atoms with Crippen LogP contribution >= 0.6 is 0 Å². The Labute approximate surface area is 99.0 Å². The van der Waals surface area contributed by atoms with Gasteiger partial charge in [-0.2, -0.15) is 0 Å². The molecule has 2 unspecified atom stereocenters. The van der Waals surface area contributed by atoms with E-state index in [-0.39, 0.29) is 29.6 Å². The fourth-order valence-corrected chi connectivity index (χ4v) is 1.94. The number of nitrogens with one attached hydrogen (secondary N) is 1. The standard InChI is InChI=1S/C12H15NO4/c1-7(13-10-4-5-17-12(10)16)9-3-2-8(14)6-11(9)15/h2-3,6-7,10,13-15H,4-5H2,1H3. The van der Waals surface area contributed by atoms with Gasteiger partial charge in [0.25, 0.3) is 0 Å². The summed E-state index contributed by atoms with van der Waals surface area (Å²) < 4.78 is 4.85. The number of ether oxygens (including phenoxy) is 1. The van der Waals surface area contributed by atoms with Gasteiger partial charge in [-0.15, -0.1) is 0 Å². The van der Waals surface area contributed by atoms with Gasteiger partial charge >= 0.3 is 5.97 Å². The third-order valence-corrected chi connectivity index (χ3v) is 2.87. The molecule has 1 aliphatic heterocycles. The molecule has 92 valence electrons. The number of esters is 1. The SMILES string of the molecule is CC(NC1CCOC1=O)c1ccc(O)cc1O. The van der Waals surface area contributed by atoms with Crippen molar-refractivity contribution in [1.82, 2.24) is 5.32 Å². The zero-order chi connectivity index (χ0) is 12.4. The van der Waals surface area contributed by atoms with Crippen LogP contribution in [0, 0.1) is 0 Å². The van der Waals surface area contributed by atoms with E-state index in [2.05, 4.69) is 5.32 Å². The lowest BCUT2D eigenvalue weighted by atomic mass is 10.1. The summed E-state index contributed by atoms with van der Waals surface area (Å²) in [7, 11) is 0. The number of aromatic hydroxyl groups is 2. The number of phenols is 2. The second-order valence-electron chi connectivity index (χ2n) is 4.14. The molecular weight excluding hydrogens is 222 g/mol. The maximum absolute atomic E-state index is 11.3. The van der Waals surface area contributed by atoms with Crippen molar-refractivity contribution >= 4 is 5.97 Å². The van der Waals surface area contributed by atoms with E-state index in [4.69, 9.17) is 4.74 Å². The van der Waals surface area contributed by atoms with Crippen molar-refractivity contribution in [2.24, 2.45) is 0 Å². The van der Waals surface area contributed by atoms with Gasteiger partial charge in [0.05, 0.1) is 6.61 Å². The van der Waals surface area contributed by atoms with Crippen LogP contribution in [0.3, 0.4) is 0 Å². The molecule has 0 aromatic heterocycles. The Morgan fingerprint density at radius 1 is 1.47 bits per heavy atom. The smallest absolute Gasteiger partial charge is 0.323 e. The minimum Gasteiger partial charge on any atom is -0.508 e. The molecule has 1 heterocycles. The molecule has 1 saturated heterocycles. The lowest BCUT2D eigenvalue weighted by molar-refractivity contribution is -0.139. The van der Waals surface area contributed by atoms with E-state index in [0.29, 0.717) is 18.6 Å². The third-order valence-electron chi connectivity index (χ3n) is 2.87. The van der Waals surface area contributed by atoms with Gasteiger partial charge < -0.3 is 14.9 Å². The number of hydrogen-bond donors (Lipinski definition) is 3. The average Bonchev–Trinajstić information content (AvgIpc) is 2.64. The molecule has 1 fully saturated rings. The summed E-state index contributed by atoms with van der Waals surface area (Å²) in [5.74, 6) is -0.231. The van der Waals surface area contributed by atoms with Crippen LogP contribution in [0.15, 0.2) is 18.2 Å². The van der Waals surface area contributed by atoms with E-state index in [9.17, 15) is 15.0 Å². The van der Waals surface area contributed by atoms with Crippen LogP contribution in [0.5, 0.6) is 11.5 Å². The summed E-state index contributed by atoms with van der Waals surface area (Å²) >= 11 is 0. The van der Waals surface area contributed by atoms with Gasteiger partial charge in [-0.1, -0.05) is 6.07 Å². The molecule has 17 heavy (non-hydrogen) atoms. The number of phenolic OH excluding ortho intramolecular Hbond substituents is 2. The topological polar surface area (TPSA) is 78.8 Å². The van der Waals surface area contributed by atoms with Crippen LogP contribution in [0.2, 0.25) is 0 Å². The largest absolute Gasteiger partial charge is 0.508 e. The van der Waals surface area contributed by atoms with Crippen molar-refractivity contribution in [2.45, 2.75) is 25.4 Å². The zero-order valence-corrected chi connectivity index (χ0v) is 9.51. The van der Waals surface area contributed by atoms with Crippen LogP contribution in [0.4, 0.5) is 0 Å². The molecule has 5 heteroatoms. The van der Waals surface area contributed by atoms with Crippen molar-refractivity contribution in [3.05, 3.63) is 23.8 Å². The molecule has 0 bridgehead atoms. The van der Waals surface area contributed by atoms with Crippen molar-refractivity contribution in [2.75, 3.05) is 6.61 Å². The molecule has 0 radical (unpaired) electrons. The van der Waals surface area contributed by atoms with Gasteiger partial charge in [0.15, 0.2) is 0 Å². The number of carbonyl (C=O) groups is 1. The van der Waals surface area contributed by atoms with Crippen LogP contribution in [-0.4, -0.2) is 28.8 Å². The fraction of sp³-hybridized carbons (Fsp3) is 0.417. The summed E-state index contributed by atoms with van der Waals surface area (Å²) in [5, 5.41) is 22.0. The Hall–Kier alpha value is -1.75. The zero-order valence-electron chi connectivity index (χ0n) is 9.51. The molecule has 1 aromatic rings. The molecular formula is C12H15NO4. The first kappa shape index (κ1) is 11.7. The lowest BCUT2D eigenvalue weighted by Crippen LogP contribution is -2.35. The fourth-order valence-electron chi connectivity index (χ4n) is 1.94. The first-order valence-corrected chi connectivity index (χ1v) is 5.52. The maximum atomic E-state index is 11.3. The van der Waals surface area contributed by atoms with E-state index in [0.717, 1.165) is 0 Å². The number of carbonyl (C=O) groups excluding carboxylic acids is 1. The Morgan fingerprint density at radius 2 is 2.24 bits per heavy atom. The Kier molecular flexibility index (Phi) is 3.19. The molecule has 5 nitrogen and oxygen atoms in total. The highest BCUT2D eigenvalue weighted by molar-refractivity contribution is 5.77. The Morgan fingerprint density at radius 3 is 2.82 bits per heavy atom. The lowest BCUT2D eigenvalue weighted by Gasteiger charge is -2.18. The number of rotatable bonds is 3. The summed E-state index contributed by atoms with van der Waals surface area (Å²) in [6, 6.07) is 3.90. The minimum absolute atomic E-state index is 0.0105. The van der Waals surface area contributed by atoms with Gasteiger partial charge in [0.1, 0.15) is 17.5 Å². The van der Waals surface area contributed by atoms with Gasteiger partial charge in [0.2, 0.25) is 0 Å². The summed E-state index contributed by atoms with van der Waals surface area (Å²) in [5.41, 5.74) is 0.641. The predicted octanol–water partition coefficient (Wildman–Crippen LogP) is 1.06. The average molecular weight is 237 g/mol. The number of hydrogen-bond acceptors (Lipinski definition) is 5. The normalized spacial score (nSPS) is 21.2. The first-order chi connectivity index (χ1) is 8.08. The number of cyclic esters (lactones) is 1. The molecule has 2 rings (SSSR count). The molecule has 0 saturated carbocycles. The van der Waals surface area contributed by atoms with Crippen molar-refractivity contribution < 1.29 is 19.7 Å². The Bertz CT molecular complexity index is 433. The van der Waals surface area contributed by atoms with Crippen LogP contribution in [0.25, 0.3) is 0 Å². The summed E-state index contributed by atoms with van der Waals surface area (Å²) in [6.45, 7) is 2.28. The number of benzene rings is 1. The van der Waals surface area contributed by atoms with Gasteiger partial charge in [-0.05, 0) is 13.0 Å². The molecule has 2 atom stereocenters. The second kappa shape index (κ2) is 4.63. The van der Waals surface area contributed by atoms with Crippen molar-refractivity contribution in [3.8, 4) is 11.5 Å². The molecule has 0 amide bonds. The summed E-state index contributed by atoms with van der Waals surface area (Å²) in [6.07, 6.45) is 0.641. The highest BCUT2D eigenvalue weighted by Crippen LogP contribution is 2.28. The van der Waals surface area contributed by atoms with E-state index in [1.54, 1.807) is 6.07 Å². The molecule has 1 aliphatic rings. The van der Waals surface area contributed by atoms with Crippen molar-refractivity contribution in [3.63, 3.8) is 0 Å². The second-order valence-corrected chi connectivity index (χ2v) is 4.14. The molecule has 0 aliphatic carbocycles. The Balaban J connectivity index is 2.08. The molecule has 1 aromatic carbocycles. The van der Waals surface area contributed by atoms with Crippen LogP contribution in [0.1, 0.15) is 24.9 Å². The van der Waals surface area contributed by atoms with E-state index < -0.39 is 0 Å². The van der Waals surface area contributed by atoms with Crippen LogP contribution in [-0.2, 0) is 9.53 Å². The molecule has 0 spiro atoms.